The minimum absolute atomic E-state index is 0.0435. The number of rotatable bonds is 8. The summed E-state index contributed by atoms with van der Waals surface area (Å²) in [7, 11) is 1.07. The molecule has 1 saturated heterocycles. The summed E-state index contributed by atoms with van der Waals surface area (Å²) in [6.45, 7) is -0.181. The van der Waals surface area contributed by atoms with E-state index in [0.29, 0.717) is 0 Å². The molecule has 4 N–H and O–H groups in total. The van der Waals surface area contributed by atoms with Crippen molar-refractivity contribution in [1.29, 1.82) is 0 Å². The molecule has 2 aliphatic heterocycles. The van der Waals surface area contributed by atoms with Crippen LogP contribution in [0.1, 0.15) is 19.3 Å². The summed E-state index contributed by atoms with van der Waals surface area (Å²) < 4.78 is 14.8. The van der Waals surface area contributed by atoms with Gasteiger partial charge in [-0.15, -0.1) is 0 Å². The molecule has 0 amide bonds. The number of carboxylic acids is 1. The first-order valence-corrected chi connectivity index (χ1v) is 8.55. The summed E-state index contributed by atoms with van der Waals surface area (Å²) in [5.41, 5.74) is 0.106. The number of esters is 2. The molecule has 0 aromatic heterocycles. The van der Waals surface area contributed by atoms with Crippen molar-refractivity contribution in [2.24, 2.45) is 0 Å². The Balaban J connectivity index is 1.85. The number of methoxy groups -OCH3 is 1. The lowest BCUT2D eigenvalue weighted by molar-refractivity contribution is -0.158. The summed E-state index contributed by atoms with van der Waals surface area (Å²) in [4.78, 5) is 35.1. The van der Waals surface area contributed by atoms with Crippen molar-refractivity contribution >= 4 is 17.9 Å². The molecule has 28 heavy (non-hydrogen) atoms. The lowest BCUT2D eigenvalue weighted by Gasteiger charge is -2.28. The molecule has 11 heteroatoms. The fourth-order valence-electron chi connectivity index (χ4n) is 2.82. The van der Waals surface area contributed by atoms with Gasteiger partial charge in [0.1, 0.15) is 12.2 Å². The van der Waals surface area contributed by atoms with Gasteiger partial charge in [0, 0.05) is 25.2 Å². The second-order valence-electron chi connectivity index (χ2n) is 6.29. The van der Waals surface area contributed by atoms with Gasteiger partial charge in [-0.25, -0.2) is 9.59 Å². The molecule has 1 fully saturated rings. The molecule has 156 valence electrons. The Labute approximate surface area is 160 Å². The SMILES string of the molecule is COC(=O)[C@@H](O)CC(=O)OCC[C@H]1O[C@@H](N2C=CCC(C(=O)O)=C2)[C@H](O)[C@@H]1O. The molecule has 0 saturated carbocycles. The number of carboxylic acid groups (broad SMARTS) is 1. The lowest BCUT2D eigenvalue weighted by atomic mass is 10.1. The molecule has 2 rings (SSSR count). The van der Waals surface area contributed by atoms with E-state index < -0.39 is 55.0 Å². The van der Waals surface area contributed by atoms with Gasteiger partial charge in [0.05, 0.1) is 31.8 Å². The second-order valence-corrected chi connectivity index (χ2v) is 6.29. The number of hydrogen-bond acceptors (Lipinski definition) is 10. The van der Waals surface area contributed by atoms with Crippen LogP contribution in [-0.4, -0.2) is 87.6 Å². The third-order valence-corrected chi connectivity index (χ3v) is 4.32. The zero-order valence-corrected chi connectivity index (χ0v) is 15.1. The fraction of sp³-hybridized carbons (Fsp3) is 0.588. The van der Waals surface area contributed by atoms with Crippen LogP contribution in [0.2, 0.25) is 0 Å². The number of carbonyl (C=O) groups excluding carboxylic acids is 2. The van der Waals surface area contributed by atoms with Crippen LogP contribution in [0, 0.1) is 0 Å². The minimum Gasteiger partial charge on any atom is -0.478 e. The Kier molecular flexibility index (Phi) is 7.52. The number of allylic oxidation sites excluding steroid dienone is 1. The summed E-state index contributed by atoms with van der Waals surface area (Å²) in [5.74, 6) is -2.89. The van der Waals surface area contributed by atoms with Crippen LogP contribution in [0.5, 0.6) is 0 Å². The van der Waals surface area contributed by atoms with Gasteiger partial charge in [-0.1, -0.05) is 6.08 Å². The van der Waals surface area contributed by atoms with Crippen molar-refractivity contribution in [3.63, 3.8) is 0 Å². The number of nitrogens with zero attached hydrogens (tertiary/aromatic N) is 1. The third-order valence-electron chi connectivity index (χ3n) is 4.32. The second kappa shape index (κ2) is 9.64. The Morgan fingerprint density at radius 1 is 1.32 bits per heavy atom. The first-order valence-electron chi connectivity index (χ1n) is 8.55. The topological polar surface area (TPSA) is 163 Å². The molecule has 2 heterocycles. The van der Waals surface area contributed by atoms with Gasteiger partial charge >= 0.3 is 17.9 Å². The highest BCUT2D eigenvalue weighted by Crippen LogP contribution is 2.28. The number of hydrogen-bond donors (Lipinski definition) is 4. The summed E-state index contributed by atoms with van der Waals surface area (Å²) in [5, 5.41) is 38.8. The number of aliphatic hydroxyl groups is 3. The number of ether oxygens (including phenoxy) is 3. The predicted octanol–water partition coefficient (Wildman–Crippen LogP) is -1.52. The van der Waals surface area contributed by atoms with Crippen LogP contribution in [0.4, 0.5) is 0 Å². The molecule has 11 nitrogen and oxygen atoms in total. The average Bonchev–Trinajstić information content (AvgIpc) is 2.95. The van der Waals surface area contributed by atoms with E-state index in [9.17, 15) is 29.7 Å². The van der Waals surface area contributed by atoms with E-state index in [1.807, 2.05) is 0 Å². The van der Waals surface area contributed by atoms with Gasteiger partial charge in [0.2, 0.25) is 0 Å². The van der Waals surface area contributed by atoms with E-state index in [2.05, 4.69) is 4.74 Å². The first-order chi connectivity index (χ1) is 13.2. The van der Waals surface area contributed by atoms with Crippen molar-refractivity contribution in [2.45, 2.75) is 49.9 Å². The van der Waals surface area contributed by atoms with Gasteiger partial charge < -0.3 is 39.5 Å². The van der Waals surface area contributed by atoms with Gasteiger partial charge in [0.15, 0.2) is 12.3 Å². The molecule has 0 radical (unpaired) electrons. The van der Waals surface area contributed by atoms with Crippen LogP contribution in [0.15, 0.2) is 24.0 Å². The fourth-order valence-corrected chi connectivity index (χ4v) is 2.82. The Morgan fingerprint density at radius 2 is 2.04 bits per heavy atom. The maximum atomic E-state index is 11.6. The highest BCUT2D eigenvalue weighted by Gasteiger charge is 2.44. The predicted molar refractivity (Wildman–Crippen MR) is 90.2 cm³/mol. The van der Waals surface area contributed by atoms with Crippen molar-refractivity contribution in [1.82, 2.24) is 4.90 Å². The number of aliphatic hydroxyl groups excluding tert-OH is 3. The van der Waals surface area contributed by atoms with Crippen molar-refractivity contribution in [3.05, 3.63) is 24.0 Å². The lowest BCUT2D eigenvalue weighted by Crippen LogP contribution is -2.40. The van der Waals surface area contributed by atoms with Crippen molar-refractivity contribution < 1.29 is 49.0 Å². The molecule has 0 spiro atoms. The van der Waals surface area contributed by atoms with E-state index in [1.165, 1.54) is 11.1 Å². The monoisotopic (exact) mass is 401 g/mol. The Bertz CT molecular complexity index is 660. The van der Waals surface area contributed by atoms with Crippen molar-refractivity contribution in [2.75, 3.05) is 13.7 Å². The molecule has 0 aromatic rings. The molecular weight excluding hydrogens is 378 g/mol. The molecule has 0 bridgehead atoms. The van der Waals surface area contributed by atoms with Gasteiger partial charge in [-0.05, 0) is 0 Å². The van der Waals surface area contributed by atoms with Crippen LogP contribution in [0.3, 0.4) is 0 Å². The van der Waals surface area contributed by atoms with E-state index in [-0.39, 0.29) is 25.0 Å². The Morgan fingerprint density at radius 3 is 2.68 bits per heavy atom. The maximum absolute atomic E-state index is 11.6. The number of aliphatic carboxylic acids is 1. The summed E-state index contributed by atoms with van der Waals surface area (Å²) in [6, 6.07) is 0. The maximum Gasteiger partial charge on any atom is 0.335 e. The number of carbonyl (C=O) groups is 3. The molecular formula is C17H23NO10. The molecule has 2 aliphatic rings. The zero-order chi connectivity index (χ0) is 20.8. The van der Waals surface area contributed by atoms with Crippen LogP contribution >= 0.6 is 0 Å². The first kappa shape index (κ1) is 21.8. The quantitative estimate of drug-likeness (QED) is 0.349. The zero-order valence-electron chi connectivity index (χ0n) is 15.1. The minimum atomic E-state index is -1.63. The van der Waals surface area contributed by atoms with Crippen LogP contribution < -0.4 is 0 Å². The van der Waals surface area contributed by atoms with E-state index in [4.69, 9.17) is 14.6 Å². The molecule has 0 unspecified atom stereocenters. The van der Waals surface area contributed by atoms with E-state index >= 15 is 0 Å². The standard InChI is InChI=1S/C17H23NO10/c1-26-17(25)10(19)7-12(20)27-6-4-11-13(21)14(22)15(28-11)18-5-2-3-9(8-18)16(23)24/h2,5,8,10-11,13-15,19,21-22H,3-4,6-7H2,1H3,(H,23,24)/t10-,11+,13+,14+,15+/m0/s1. The average molecular weight is 401 g/mol. The normalized spacial score (nSPS) is 27.9. The van der Waals surface area contributed by atoms with Gasteiger partial charge in [0.25, 0.3) is 0 Å². The molecule has 0 aromatic carbocycles. The van der Waals surface area contributed by atoms with E-state index in [0.717, 1.165) is 7.11 Å². The summed E-state index contributed by atoms with van der Waals surface area (Å²) in [6.07, 6.45) is -1.92. The van der Waals surface area contributed by atoms with Gasteiger partial charge in [-0.2, -0.15) is 0 Å². The Hall–Kier alpha value is -2.47. The third kappa shape index (κ3) is 5.29. The van der Waals surface area contributed by atoms with Crippen molar-refractivity contribution in [3.8, 4) is 0 Å². The largest absolute Gasteiger partial charge is 0.478 e. The highest BCUT2D eigenvalue weighted by atomic mass is 16.6. The van der Waals surface area contributed by atoms with E-state index in [1.54, 1.807) is 12.3 Å². The summed E-state index contributed by atoms with van der Waals surface area (Å²) >= 11 is 0. The van der Waals surface area contributed by atoms with Crippen LogP contribution in [-0.2, 0) is 28.6 Å². The molecule has 5 atom stereocenters. The molecule has 0 aliphatic carbocycles. The highest BCUT2D eigenvalue weighted by molar-refractivity contribution is 5.87. The van der Waals surface area contributed by atoms with Crippen LogP contribution in [0.25, 0.3) is 0 Å². The smallest absolute Gasteiger partial charge is 0.335 e. The van der Waals surface area contributed by atoms with Gasteiger partial charge in [-0.3, -0.25) is 4.79 Å².